The third-order valence-corrected chi connectivity index (χ3v) is 3.58. The highest BCUT2D eigenvalue weighted by Gasteiger charge is 2.29. The fourth-order valence-electron chi connectivity index (χ4n) is 2.27. The summed E-state index contributed by atoms with van der Waals surface area (Å²) in [5.74, 6) is 0.660. The molecule has 3 unspecified atom stereocenters. The van der Waals surface area contributed by atoms with Crippen LogP contribution in [0.5, 0.6) is 0 Å². The lowest BCUT2D eigenvalue weighted by atomic mass is 9.90. The summed E-state index contributed by atoms with van der Waals surface area (Å²) < 4.78 is 5.15. The second-order valence-corrected chi connectivity index (χ2v) is 5.31. The largest absolute Gasteiger partial charge is 0.383 e. The first kappa shape index (κ1) is 14.5. The molecule has 0 aromatic heterocycles. The van der Waals surface area contributed by atoms with E-state index in [1.807, 2.05) is 0 Å². The number of amides is 1. The molecule has 0 aliphatic carbocycles. The maximum absolute atomic E-state index is 12.2. The Morgan fingerprint density at radius 3 is 2.76 bits per heavy atom. The molecule has 4 heteroatoms. The average molecular weight is 242 g/mol. The van der Waals surface area contributed by atoms with Crippen LogP contribution in [0.3, 0.4) is 0 Å². The highest BCUT2D eigenvalue weighted by Crippen LogP contribution is 2.17. The van der Waals surface area contributed by atoms with E-state index >= 15 is 0 Å². The Kier molecular flexibility index (Phi) is 5.92. The summed E-state index contributed by atoms with van der Waals surface area (Å²) in [5.41, 5.74) is 0. The molecule has 3 atom stereocenters. The zero-order chi connectivity index (χ0) is 12.8. The third kappa shape index (κ3) is 4.28. The highest BCUT2D eigenvalue weighted by molar-refractivity contribution is 5.79. The molecule has 100 valence electrons. The summed E-state index contributed by atoms with van der Waals surface area (Å²) in [4.78, 5) is 12.2. The Morgan fingerprint density at radius 1 is 1.53 bits per heavy atom. The van der Waals surface area contributed by atoms with E-state index in [4.69, 9.17) is 4.74 Å². The topological polar surface area (TPSA) is 50.4 Å². The molecule has 1 fully saturated rings. The number of methoxy groups -OCH3 is 1. The van der Waals surface area contributed by atoms with Crippen molar-refractivity contribution in [2.45, 2.75) is 45.7 Å². The van der Waals surface area contributed by atoms with Gasteiger partial charge in [0.15, 0.2) is 0 Å². The van der Waals surface area contributed by atoms with Crippen LogP contribution >= 0.6 is 0 Å². The van der Waals surface area contributed by atoms with Crippen LogP contribution < -0.4 is 10.6 Å². The van der Waals surface area contributed by atoms with Crippen LogP contribution in [0.25, 0.3) is 0 Å². The fourth-order valence-corrected chi connectivity index (χ4v) is 2.27. The van der Waals surface area contributed by atoms with Gasteiger partial charge >= 0.3 is 0 Å². The zero-order valence-corrected chi connectivity index (χ0v) is 11.5. The van der Waals surface area contributed by atoms with E-state index in [-0.39, 0.29) is 23.9 Å². The van der Waals surface area contributed by atoms with Crippen LogP contribution in [0, 0.1) is 11.8 Å². The number of carbonyl (C=O) groups is 1. The number of nitrogens with one attached hydrogen (secondary N) is 2. The number of rotatable bonds is 5. The molecule has 0 spiro atoms. The van der Waals surface area contributed by atoms with Crippen LogP contribution in [-0.4, -0.2) is 38.3 Å². The van der Waals surface area contributed by atoms with Crippen molar-refractivity contribution < 1.29 is 9.53 Å². The van der Waals surface area contributed by atoms with Crippen molar-refractivity contribution >= 4 is 5.91 Å². The molecule has 0 saturated carbocycles. The van der Waals surface area contributed by atoms with Crippen LogP contribution in [0.4, 0.5) is 0 Å². The first-order chi connectivity index (χ1) is 8.06. The molecule has 0 radical (unpaired) electrons. The quantitative estimate of drug-likeness (QED) is 0.760. The minimum atomic E-state index is 0.0989. The normalized spacial score (nSPS) is 26.9. The Morgan fingerprint density at radius 2 is 2.24 bits per heavy atom. The van der Waals surface area contributed by atoms with Gasteiger partial charge in [0, 0.05) is 13.2 Å². The smallest absolute Gasteiger partial charge is 0.224 e. The van der Waals surface area contributed by atoms with Gasteiger partial charge in [-0.3, -0.25) is 4.79 Å². The summed E-state index contributed by atoms with van der Waals surface area (Å²) in [5, 5.41) is 6.47. The number of piperidine rings is 1. The maximum Gasteiger partial charge on any atom is 0.224 e. The molecular formula is C13H26N2O2. The molecule has 0 aromatic rings. The third-order valence-electron chi connectivity index (χ3n) is 3.58. The van der Waals surface area contributed by atoms with E-state index in [0.29, 0.717) is 12.5 Å². The van der Waals surface area contributed by atoms with Crippen molar-refractivity contribution in [3.8, 4) is 0 Å². The van der Waals surface area contributed by atoms with Gasteiger partial charge < -0.3 is 15.4 Å². The van der Waals surface area contributed by atoms with Gasteiger partial charge in [0.05, 0.1) is 18.6 Å². The van der Waals surface area contributed by atoms with Gasteiger partial charge in [-0.05, 0) is 32.2 Å². The first-order valence-electron chi connectivity index (χ1n) is 6.59. The van der Waals surface area contributed by atoms with Gasteiger partial charge in [-0.15, -0.1) is 0 Å². The summed E-state index contributed by atoms with van der Waals surface area (Å²) >= 11 is 0. The van der Waals surface area contributed by atoms with Crippen molar-refractivity contribution in [3.63, 3.8) is 0 Å². The van der Waals surface area contributed by atoms with Gasteiger partial charge in [0.25, 0.3) is 0 Å². The Balaban J connectivity index is 2.50. The summed E-state index contributed by atoms with van der Waals surface area (Å²) in [6, 6.07) is 0.390. The van der Waals surface area contributed by atoms with Gasteiger partial charge in [-0.1, -0.05) is 13.8 Å². The zero-order valence-electron chi connectivity index (χ0n) is 11.5. The molecule has 1 heterocycles. The van der Waals surface area contributed by atoms with Crippen molar-refractivity contribution in [2.75, 3.05) is 20.3 Å². The minimum Gasteiger partial charge on any atom is -0.383 e. The molecule has 4 nitrogen and oxygen atoms in total. The lowest BCUT2D eigenvalue weighted by Gasteiger charge is -2.31. The molecule has 17 heavy (non-hydrogen) atoms. The summed E-state index contributed by atoms with van der Waals surface area (Å²) in [7, 11) is 1.67. The fraction of sp³-hybridized carbons (Fsp3) is 0.923. The summed E-state index contributed by atoms with van der Waals surface area (Å²) in [6.45, 7) is 7.90. The molecule has 1 aliphatic heterocycles. The minimum absolute atomic E-state index is 0.0989. The summed E-state index contributed by atoms with van der Waals surface area (Å²) in [6.07, 6.45) is 2.07. The molecule has 1 rings (SSSR count). The van der Waals surface area contributed by atoms with Crippen LogP contribution in [-0.2, 0) is 9.53 Å². The maximum atomic E-state index is 12.2. The Hall–Kier alpha value is -0.610. The molecule has 1 saturated heterocycles. The number of hydrogen-bond acceptors (Lipinski definition) is 3. The predicted molar refractivity (Wildman–Crippen MR) is 68.8 cm³/mol. The Bertz CT molecular complexity index is 244. The lowest BCUT2D eigenvalue weighted by Crippen LogP contribution is -2.51. The molecule has 1 aliphatic rings. The van der Waals surface area contributed by atoms with E-state index in [2.05, 4.69) is 31.4 Å². The monoisotopic (exact) mass is 242 g/mol. The van der Waals surface area contributed by atoms with E-state index in [1.54, 1.807) is 7.11 Å². The number of ether oxygens (including phenoxy) is 1. The average Bonchev–Trinajstić information content (AvgIpc) is 2.28. The molecular weight excluding hydrogens is 216 g/mol. The van der Waals surface area contributed by atoms with Gasteiger partial charge in [-0.25, -0.2) is 0 Å². The van der Waals surface area contributed by atoms with Crippen molar-refractivity contribution in [1.82, 2.24) is 10.6 Å². The number of carbonyl (C=O) groups excluding carboxylic acids is 1. The van der Waals surface area contributed by atoms with E-state index in [9.17, 15) is 4.79 Å². The highest BCUT2D eigenvalue weighted by atomic mass is 16.5. The van der Waals surface area contributed by atoms with Crippen LogP contribution in [0.15, 0.2) is 0 Å². The molecule has 0 aromatic carbocycles. The van der Waals surface area contributed by atoms with Crippen LogP contribution in [0.1, 0.15) is 33.6 Å². The lowest BCUT2D eigenvalue weighted by molar-refractivity contribution is -0.128. The van der Waals surface area contributed by atoms with Crippen molar-refractivity contribution in [2.24, 2.45) is 11.8 Å². The van der Waals surface area contributed by atoms with Gasteiger partial charge in [0.1, 0.15) is 0 Å². The van der Waals surface area contributed by atoms with E-state index in [0.717, 1.165) is 19.4 Å². The number of hydrogen-bond donors (Lipinski definition) is 2. The molecule has 0 bridgehead atoms. The molecule has 2 N–H and O–H groups in total. The molecule has 1 amide bonds. The van der Waals surface area contributed by atoms with Gasteiger partial charge in [0.2, 0.25) is 5.91 Å². The van der Waals surface area contributed by atoms with E-state index < -0.39 is 0 Å². The predicted octanol–water partition coefficient (Wildman–Crippen LogP) is 1.16. The standard InChI is InChI=1S/C13H26N2O2/c1-9(2)12(8-17-4)15-13(16)11-6-5-7-14-10(11)3/h9-12,14H,5-8H2,1-4H3,(H,15,16). The second kappa shape index (κ2) is 6.97. The van der Waals surface area contributed by atoms with Gasteiger partial charge in [-0.2, -0.15) is 0 Å². The first-order valence-corrected chi connectivity index (χ1v) is 6.59. The van der Waals surface area contributed by atoms with Crippen molar-refractivity contribution in [3.05, 3.63) is 0 Å². The van der Waals surface area contributed by atoms with E-state index in [1.165, 1.54) is 0 Å². The van der Waals surface area contributed by atoms with Crippen molar-refractivity contribution in [1.29, 1.82) is 0 Å². The second-order valence-electron chi connectivity index (χ2n) is 5.31. The SMILES string of the molecule is COCC(NC(=O)C1CCCNC1C)C(C)C. The Labute approximate surface area is 104 Å². The van der Waals surface area contributed by atoms with Crippen LogP contribution in [0.2, 0.25) is 0 Å².